The second-order valence-corrected chi connectivity index (χ2v) is 5.61. The summed E-state index contributed by atoms with van der Waals surface area (Å²) in [6.45, 7) is 0.955. The first-order chi connectivity index (χ1) is 12.7. The maximum absolute atomic E-state index is 12.9. The molecule has 0 atom stereocenters. The third kappa shape index (κ3) is 5.07. The average Bonchev–Trinajstić information content (AvgIpc) is 2.69. The van der Waals surface area contributed by atoms with Gasteiger partial charge in [0.05, 0.1) is 0 Å². The van der Waals surface area contributed by atoms with Gasteiger partial charge in [0.25, 0.3) is 5.91 Å². The van der Waals surface area contributed by atoms with E-state index in [9.17, 15) is 9.18 Å². The Labute approximate surface area is 150 Å². The van der Waals surface area contributed by atoms with Crippen LogP contribution in [0.2, 0.25) is 0 Å². The zero-order valence-corrected chi connectivity index (χ0v) is 14.0. The van der Waals surface area contributed by atoms with E-state index < -0.39 is 0 Å². The van der Waals surface area contributed by atoms with Crippen molar-refractivity contribution in [2.45, 2.75) is 13.0 Å². The Kier molecular flexibility index (Phi) is 5.82. The van der Waals surface area contributed by atoms with E-state index in [1.165, 1.54) is 18.3 Å². The van der Waals surface area contributed by atoms with E-state index in [1.54, 1.807) is 30.6 Å². The van der Waals surface area contributed by atoms with Crippen molar-refractivity contribution in [1.29, 1.82) is 0 Å². The van der Waals surface area contributed by atoms with E-state index >= 15 is 0 Å². The quantitative estimate of drug-likeness (QED) is 0.684. The Morgan fingerprint density at radius 3 is 2.65 bits per heavy atom. The maximum Gasteiger partial charge on any atom is 0.270 e. The number of anilines is 1. The first kappa shape index (κ1) is 17.5. The Hall–Kier alpha value is -3.35. The lowest BCUT2D eigenvalue weighted by atomic mass is 10.1. The molecular formula is C19H18FN5O. The van der Waals surface area contributed by atoms with Crippen LogP contribution in [0.5, 0.6) is 0 Å². The number of halogens is 1. The zero-order valence-electron chi connectivity index (χ0n) is 14.0. The molecule has 0 fully saturated rings. The molecule has 1 amide bonds. The lowest BCUT2D eigenvalue weighted by molar-refractivity contribution is 0.0949. The number of carbonyl (C=O) groups is 1. The van der Waals surface area contributed by atoms with Gasteiger partial charge in [-0.3, -0.25) is 9.78 Å². The van der Waals surface area contributed by atoms with Crippen LogP contribution in [-0.4, -0.2) is 27.4 Å². The van der Waals surface area contributed by atoms with Crippen molar-refractivity contribution in [3.05, 3.63) is 83.7 Å². The number of hydrogen-bond donors (Lipinski definition) is 2. The summed E-state index contributed by atoms with van der Waals surface area (Å²) in [5.74, 6) is -0.177. The molecular weight excluding hydrogens is 333 g/mol. The molecule has 26 heavy (non-hydrogen) atoms. The van der Waals surface area contributed by atoms with Crippen LogP contribution in [0.1, 0.15) is 21.6 Å². The third-order valence-corrected chi connectivity index (χ3v) is 3.67. The Balaban J connectivity index is 1.51. The second kappa shape index (κ2) is 8.66. The normalized spacial score (nSPS) is 10.3. The molecule has 6 nitrogen and oxygen atoms in total. The van der Waals surface area contributed by atoms with Gasteiger partial charge in [0.2, 0.25) is 5.95 Å². The predicted octanol–water partition coefficient (Wildman–Crippen LogP) is 2.60. The molecule has 3 aromatic rings. The van der Waals surface area contributed by atoms with E-state index in [0.29, 0.717) is 25.5 Å². The smallest absolute Gasteiger partial charge is 0.270 e. The van der Waals surface area contributed by atoms with Gasteiger partial charge in [-0.2, -0.15) is 0 Å². The van der Waals surface area contributed by atoms with Crippen LogP contribution in [0.25, 0.3) is 0 Å². The molecule has 0 bridgehead atoms. The van der Waals surface area contributed by atoms with Crippen molar-refractivity contribution >= 4 is 11.9 Å². The Bertz CT molecular complexity index is 855. The summed E-state index contributed by atoms with van der Waals surface area (Å²) in [6, 6.07) is 11.6. The van der Waals surface area contributed by atoms with Gasteiger partial charge in [0.1, 0.15) is 11.5 Å². The molecule has 3 rings (SSSR count). The van der Waals surface area contributed by atoms with Crippen molar-refractivity contribution in [1.82, 2.24) is 20.3 Å². The van der Waals surface area contributed by atoms with Gasteiger partial charge in [0, 0.05) is 31.7 Å². The molecule has 132 valence electrons. The van der Waals surface area contributed by atoms with Gasteiger partial charge in [-0.15, -0.1) is 0 Å². The van der Waals surface area contributed by atoms with Crippen LogP contribution in [0, 0.1) is 5.82 Å². The lowest BCUT2D eigenvalue weighted by Crippen LogP contribution is -2.26. The molecule has 2 aromatic heterocycles. The van der Waals surface area contributed by atoms with E-state index in [4.69, 9.17) is 0 Å². The topological polar surface area (TPSA) is 79.8 Å². The fourth-order valence-electron chi connectivity index (χ4n) is 2.32. The summed E-state index contributed by atoms with van der Waals surface area (Å²) in [5.41, 5.74) is 2.23. The number of amides is 1. The Morgan fingerprint density at radius 2 is 1.88 bits per heavy atom. The van der Waals surface area contributed by atoms with Gasteiger partial charge in [-0.05, 0) is 41.8 Å². The van der Waals surface area contributed by atoms with E-state index in [2.05, 4.69) is 25.6 Å². The summed E-state index contributed by atoms with van der Waals surface area (Å²) in [5, 5.41) is 5.87. The van der Waals surface area contributed by atoms with Crippen LogP contribution in [0.4, 0.5) is 10.3 Å². The van der Waals surface area contributed by atoms with Gasteiger partial charge in [-0.25, -0.2) is 14.4 Å². The first-order valence-electron chi connectivity index (χ1n) is 8.19. The molecule has 2 N–H and O–H groups in total. The summed E-state index contributed by atoms with van der Waals surface area (Å²) >= 11 is 0. The second-order valence-electron chi connectivity index (χ2n) is 5.61. The van der Waals surface area contributed by atoms with Crippen LogP contribution in [0.15, 0.2) is 61.1 Å². The number of nitrogens with one attached hydrogen (secondary N) is 2. The van der Waals surface area contributed by atoms with Gasteiger partial charge in [-0.1, -0.05) is 18.2 Å². The highest BCUT2D eigenvalue weighted by Gasteiger charge is 2.08. The minimum Gasteiger partial charge on any atom is -0.350 e. The molecule has 2 heterocycles. The highest BCUT2D eigenvalue weighted by molar-refractivity contribution is 5.92. The number of pyridine rings is 1. The summed E-state index contributed by atoms with van der Waals surface area (Å²) in [7, 11) is 0. The number of nitrogens with zero attached hydrogens (tertiary/aromatic N) is 3. The summed E-state index contributed by atoms with van der Waals surface area (Å²) < 4.78 is 12.9. The van der Waals surface area contributed by atoms with Crippen molar-refractivity contribution in [3.8, 4) is 0 Å². The summed E-state index contributed by atoms with van der Waals surface area (Å²) in [6.07, 6.45) is 5.60. The van der Waals surface area contributed by atoms with Gasteiger partial charge >= 0.3 is 0 Å². The number of carbonyl (C=O) groups excluding carboxylic acids is 1. The molecule has 0 radical (unpaired) electrons. The lowest BCUT2D eigenvalue weighted by Gasteiger charge is -2.07. The SMILES string of the molecule is O=C(NCCc1ccc(F)cc1)c1ccnc(NCc2cccnc2)n1. The minimum atomic E-state index is -0.279. The summed E-state index contributed by atoms with van der Waals surface area (Å²) in [4.78, 5) is 24.6. The average molecular weight is 351 g/mol. The molecule has 0 aliphatic carbocycles. The van der Waals surface area contributed by atoms with Crippen molar-refractivity contribution in [2.24, 2.45) is 0 Å². The van der Waals surface area contributed by atoms with E-state index in [1.807, 2.05) is 12.1 Å². The Morgan fingerprint density at radius 1 is 1.04 bits per heavy atom. The predicted molar refractivity (Wildman–Crippen MR) is 96.0 cm³/mol. The molecule has 1 aromatic carbocycles. The third-order valence-electron chi connectivity index (χ3n) is 3.67. The van der Waals surface area contributed by atoms with E-state index in [0.717, 1.165) is 11.1 Å². The fourth-order valence-corrected chi connectivity index (χ4v) is 2.32. The highest BCUT2D eigenvalue weighted by atomic mass is 19.1. The molecule has 0 aliphatic heterocycles. The monoisotopic (exact) mass is 351 g/mol. The molecule has 0 aliphatic rings. The van der Waals surface area contributed by atoms with Crippen molar-refractivity contribution in [3.63, 3.8) is 0 Å². The van der Waals surface area contributed by atoms with Crippen LogP contribution >= 0.6 is 0 Å². The number of hydrogen-bond acceptors (Lipinski definition) is 5. The number of rotatable bonds is 7. The zero-order chi connectivity index (χ0) is 18.2. The van der Waals surface area contributed by atoms with E-state index in [-0.39, 0.29) is 17.4 Å². The van der Waals surface area contributed by atoms with Crippen LogP contribution in [0.3, 0.4) is 0 Å². The number of aromatic nitrogens is 3. The molecule has 0 spiro atoms. The largest absolute Gasteiger partial charge is 0.350 e. The van der Waals surface area contributed by atoms with Crippen molar-refractivity contribution in [2.75, 3.05) is 11.9 Å². The standard InChI is InChI=1S/C19H18FN5O/c20-16-5-3-14(4-6-16)7-10-22-18(26)17-8-11-23-19(25-17)24-13-15-2-1-9-21-12-15/h1-6,8-9,11-12H,7,10,13H2,(H,22,26)(H,23,24,25). The van der Waals surface area contributed by atoms with Gasteiger partial charge in [0.15, 0.2) is 0 Å². The van der Waals surface area contributed by atoms with Crippen molar-refractivity contribution < 1.29 is 9.18 Å². The minimum absolute atomic E-state index is 0.273. The van der Waals surface area contributed by atoms with Gasteiger partial charge < -0.3 is 10.6 Å². The maximum atomic E-state index is 12.9. The molecule has 0 saturated carbocycles. The van der Waals surface area contributed by atoms with Crippen LogP contribution in [-0.2, 0) is 13.0 Å². The first-order valence-corrected chi connectivity index (χ1v) is 8.19. The molecule has 0 unspecified atom stereocenters. The molecule has 7 heteroatoms. The fraction of sp³-hybridized carbons (Fsp3) is 0.158. The van der Waals surface area contributed by atoms with Crippen LogP contribution < -0.4 is 10.6 Å². The molecule has 0 saturated heterocycles. The number of benzene rings is 1. The highest BCUT2D eigenvalue weighted by Crippen LogP contribution is 2.05.